The van der Waals surface area contributed by atoms with Crippen LogP contribution in [-0.4, -0.2) is 40.4 Å². The second-order valence-electron chi connectivity index (χ2n) is 5.01. The van der Waals surface area contributed by atoms with Gasteiger partial charge in [-0.25, -0.2) is 19.3 Å². The molecule has 0 saturated carbocycles. The van der Waals surface area contributed by atoms with E-state index in [1.807, 2.05) is 6.07 Å². The predicted octanol–water partition coefficient (Wildman–Crippen LogP) is 2.54. The lowest BCUT2D eigenvalue weighted by molar-refractivity contribution is -0.154. The van der Waals surface area contributed by atoms with Crippen LogP contribution in [0.3, 0.4) is 0 Å². The highest BCUT2D eigenvalue weighted by Gasteiger charge is 2.32. The molecule has 0 bridgehead atoms. The first kappa shape index (κ1) is 20.9. The summed E-state index contributed by atoms with van der Waals surface area (Å²) in [7, 11) is 1.12. The summed E-state index contributed by atoms with van der Waals surface area (Å²) < 4.78 is 48.1. The van der Waals surface area contributed by atoms with E-state index in [1.165, 1.54) is 0 Å². The lowest BCUT2D eigenvalue weighted by atomic mass is 10.2. The van der Waals surface area contributed by atoms with E-state index in [1.54, 1.807) is 0 Å². The maximum absolute atomic E-state index is 12.7. The van der Waals surface area contributed by atoms with Crippen LogP contribution in [0.5, 0.6) is 0 Å². The van der Waals surface area contributed by atoms with Crippen molar-refractivity contribution in [2.75, 3.05) is 13.7 Å². The Morgan fingerprint density at radius 2 is 2.11 bits per heavy atom. The number of rotatable bonds is 5. The molecular weight excluding hydrogens is 405 g/mol. The average Bonchev–Trinajstić information content (AvgIpc) is 3.06. The third-order valence-electron chi connectivity index (χ3n) is 3.21. The van der Waals surface area contributed by atoms with E-state index in [0.717, 1.165) is 30.1 Å². The number of nitriles is 1. The first-order valence-electron chi connectivity index (χ1n) is 7.30. The molecule has 0 atom stereocenters. The Hall–Kier alpha value is -3.39. The van der Waals surface area contributed by atoms with E-state index in [-0.39, 0.29) is 22.1 Å². The van der Waals surface area contributed by atoms with Crippen molar-refractivity contribution < 1.29 is 32.2 Å². The van der Waals surface area contributed by atoms with Gasteiger partial charge in [-0.05, 0) is 12.1 Å². The highest BCUT2D eigenvalue weighted by molar-refractivity contribution is 6.32. The summed E-state index contributed by atoms with van der Waals surface area (Å²) in [5, 5.41) is 12.6. The molecule has 0 N–H and O–H groups in total. The normalized spacial score (nSPS) is 11.3. The standard InChI is InChI=1S/C16H10ClF3N4O4/c1-27-14(26)8-28-13(25)3-2-12-9(5-21)6-23-24(12)15-11(17)4-10(7-22-15)16(18,19)20/h2-4,6-7H,8H2,1H3/b3-2+. The van der Waals surface area contributed by atoms with Gasteiger partial charge in [-0.2, -0.15) is 23.5 Å². The van der Waals surface area contributed by atoms with Crippen LogP contribution >= 0.6 is 11.6 Å². The van der Waals surface area contributed by atoms with Crippen LogP contribution in [-0.2, 0) is 25.2 Å². The summed E-state index contributed by atoms with van der Waals surface area (Å²) in [6.07, 6.45) is -0.929. The van der Waals surface area contributed by atoms with Gasteiger partial charge < -0.3 is 9.47 Å². The van der Waals surface area contributed by atoms with E-state index >= 15 is 0 Å². The molecule has 0 aliphatic heterocycles. The number of alkyl halides is 3. The van der Waals surface area contributed by atoms with Crippen molar-refractivity contribution in [3.63, 3.8) is 0 Å². The molecule has 0 spiro atoms. The second kappa shape index (κ2) is 8.53. The highest BCUT2D eigenvalue weighted by atomic mass is 35.5. The van der Waals surface area contributed by atoms with E-state index in [9.17, 15) is 22.8 Å². The minimum Gasteiger partial charge on any atom is -0.466 e. The second-order valence-corrected chi connectivity index (χ2v) is 5.42. The number of ether oxygens (including phenoxy) is 2. The van der Waals surface area contributed by atoms with Gasteiger partial charge in [0.1, 0.15) is 6.07 Å². The molecule has 0 unspecified atom stereocenters. The van der Waals surface area contributed by atoms with Crippen molar-refractivity contribution in [3.8, 4) is 11.9 Å². The van der Waals surface area contributed by atoms with Gasteiger partial charge in [-0.3, -0.25) is 0 Å². The monoisotopic (exact) mass is 414 g/mol. The molecule has 0 amide bonds. The summed E-state index contributed by atoms with van der Waals surface area (Å²) in [6, 6.07) is 2.47. The van der Waals surface area contributed by atoms with E-state index < -0.39 is 30.3 Å². The van der Waals surface area contributed by atoms with Crippen molar-refractivity contribution >= 4 is 29.6 Å². The highest BCUT2D eigenvalue weighted by Crippen LogP contribution is 2.32. The Morgan fingerprint density at radius 1 is 1.39 bits per heavy atom. The smallest absolute Gasteiger partial charge is 0.417 e. The SMILES string of the molecule is COC(=O)COC(=O)/C=C/c1c(C#N)cnn1-c1ncc(C(F)(F)F)cc1Cl. The van der Waals surface area contributed by atoms with Crippen molar-refractivity contribution in [1.29, 1.82) is 5.26 Å². The van der Waals surface area contributed by atoms with Crippen LogP contribution < -0.4 is 0 Å². The summed E-state index contributed by atoms with van der Waals surface area (Å²) in [4.78, 5) is 26.2. The maximum Gasteiger partial charge on any atom is 0.417 e. The zero-order valence-corrected chi connectivity index (χ0v) is 14.8. The molecule has 0 saturated heterocycles. The van der Waals surface area contributed by atoms with Gasteiger partial charge in [0.05, 0.1) is 35.2 Å². The van der Waals surface area contributed by atoms with E-state index in [0.29, 0.717) is 12.3 Å². The molecule has 12 heteroatoms. The van der Waals surface area contributed by atoms with Gasteiger partial charge in [0.25, 0.3) is 0 Å². The quantitative estimate of drug-likeness (QED) is 0.546. The molecule has 0 aromatic carbocycles. The van der Waals surface area contributed by atoms with Crippen LogP contribution in [0.4, 0.5) is 13.2 Å². The number of hydrogen-bond donors (Lipinski definition) is 0. The Labute approximate surface area is 160 Å². The lowest BCUT2D eigenvalue weighted by Crippen LogP contribution is -2.13. The molecule has 8 nitrogen and oxygen atoms in total. The predicted molar refractivity (Wildman–Crippen MR) is 88.1 cm³/mol. The first-order chi connectivity index (χ1) is 13.2. The average molecular weight is 415 g/mol. The largest absolute Gasteiger partial charge is 0.466 e. The molecule has 0 fully saturated rings. The van der Waals surface area contributed by atoms with Crippen LogP contribution in [0.25, 0.3) is 11.9 Å². The number of esters is 2. The van der Waals surface area contributed by atoms with Gasteiger partial charge in [0, 0.05) is 12.3 Å². The molecule has 2 rings (SSSR count). The fraction of sp³-hybridized carbons (Fsp3) is 0.188. The minimum absolute atomic E-state index is 0.00483. The van der Waals surface area contributed by atoms with Gasteiger partial charge in [-0.15, -0.1) is 0 Å². The minimum atomic E-state index is -4.64. The van der Waals surface area contributed by atoms with Crippen LogP contribution in [0.2, 0.25) is 5.02 Å². The Morgan fingerprint density at radius 3 is 2.68 bits per heavy atom. The molecule has 146 valence electrons. The van der Waals surface area contributed by atoms with Crippen LogP contribution in [0.1, 0.15) is 16.8 Å². The molecule has 28 heavy (non-hydrogen) atoms. The zero-order chi connectivity index (χ0) is 20.9. The van der Waals surface area contributed by atoms with Gasteiger partial charge in [-0.1, -0.05) is 11.6 Å². The van der Waals surface area contributed by atoms with Gasteiger partial charge in [0.2, 0.25) is 0 Å². The summed E-state index contributed by atoms with van der Waals surface area (Å²) in [5.41, 5.74) is -1.04. The Kier molecular flexibility index (Phi) is 6.37. The number of methoxy groups -OCH3 is 1. The van der Waals surface area contributed by atoms with Crippen molar-refractivity contribution in [2.24, 2.45) is 0 Å². The van der Waals surface area contributed by atoms with Crippen molar-refractivity contribution in [3.05, 3.63) is 46.4 Å². The summed E-state index contributed by atoms with van der Waals surface area (Å²) in [6.45, 7) is -0.615. The Bertz CT molecular complexity index is 979. The third kappa shape index (κ3) is 4.86. The topological polar surface area (TPSA) is 107 Å². The van der Waals surface area contributed by atoms with Crippen molar-refractivity contribution in [1.82, 2.24) is 14.8 Å². The molecule has 0 radical (unpaired) electrons. The number of halogens is 4. The molecule has 2 heterocycles. The number of aromatic nitrogens is 3. The number of carbonyl (C=O) groups is 2. The van der Waals surface area contributed by atoms with Gasteiger partial charge in [0.15, 0.2) is 12.4 Å². The third-order valence-corrected chi connectivity index (χ3v) is 3.49. The number of pyridine rings is 1. The molecular formula is C16H10ClF3N4O4. The summed E-state index contributed by atoms with van der Waals surface area (Å²) >= 11 is 5.88. The molecule has 0 aliphatic rings. The van der Waals surface area contributed by atoms with Crippen LogP contribution in [0.15, 0.2) is 24.5 Å². The molecule has 0 aliphatic carbocycles. The van der Waals surface area contributed by atoms with E-state index in [2.05, 4.69) is 19.6 Å². The maximum atomic E-state index is 12.7. The zero-order valence-electron chi connectivity index (χ0n) is 14.0. The number of nitrogens with zero attached hydrogens (tertiary/aromatic N) is 4. The van der Waals surface area contributed by atoms with Gasteiger partial charge >= 0.3 is 18.1 Å². The fourth-order valence-electron chi connectivity index (χ4n) is 1.90. The number of hydrogen-bond acceptors (Lipinski definition) is 7. The first-order valence-corrected chi connectivity index (χ1v) is 7.68. The summed E-state index contributed by atoms with van der Waals surface area (Å²) in [5.74, 6) is -1.88. The lowest BCUT2D eigenvalue weighted by Gasteiger charge is -2.10. The fourth-order valence-corrected chi connectivity index (χ4v) is 2.15. The number of carbonyl (C=O) groups excluding carboxylic acids is 2. The Balaban J connectivity index is 2.35. The van der Waals surface area contributed by atoms with Crippen LogP contribution in [0, 0.1) is 11.3 Å². The van der Waals surface area contributed by atoms with E-state index in [4.69, 9.17) is 16.9 Å². The van der Waals surface area contributed by atoms with Crippen molar-refractivity contribution in [2.45, 2.75) is 6.18 Å². The molecule has 2 aromatic rings. The molecule has 2 aromatic heterocycles.